The van der Waals surface area contributed by atoms with Crippen molar-refractivity contribution in [3.63, 3.8) is 0 Å². The topological polar surface area (TPSA) is 40.0 Å². The molecule has 0 aliphatic rings. The minimum atomic E-state index is -0.00583. The van der Waals surface area contributed by atoms with Gasteiger partial charge >= 0.3 is 0 Å². The number of nitrogens with zero attached hydrogens (tertiary/aromatic N) is 1. The van der Waals surface area contributed by atoms with E-state index in [1.54, 1.807) is 14.2 Å². The average Bonchev–Trinajstić information content (AvgIpc) is 2.76. The zero-order valence-corrected chi connectivity index (χ0v) is 16.5. The summed E-state index contributed by atoms with van der Waals surface area (Å²) < 4.78 is 16.6. The van der Waals surface area contributed by atoms with Crippen molar-refractivity contribution in [3.8, 4) is 17.2 Å². The third-order valence-corrected chi connectivity index (χ3v) is 4.44. The Labute approximate surface area is 166 Å². The number of aliphatic imine (C=N–C) groups is 1. The van der Waals surface area contributed by atoms with E-state index >= 15 is 0 Å². The summed E-state index contributed by atoms with van der Waals surface area (Å²) in [4.78, 5) is 4.68. The lowest BCUT2D eigenvalue weighted by molar-refractivity contribution is 0.306. The van der Waals surface area contributed by atoms with Crippen LogP contribution in [-0.2, 0) is 6.61 Å². The van der Waals surface area contributed by atoms with Gasteiger partial charge in [0.1, 0.15) is 12.4 Å². The Morgan fingerprint density at radius 2 is 1.64 bits per heavy atom. The first-order valence-electron chi connectivity index (χ1n) is 9.21. The van der Waals surface area contributed by atoms with Crippen LogP contribution in [0.1, 0.15) is 29.7 Å². The van der Waals surface area contributed by atoms with Crippen LogP contribution in [0.25, 0.3) is 0 Å². The number of hydrogen-bond acceptors (Lipinski definition) is 4. The molecule has 0 saturated heterocycles. The summed E-state index contributed by atoms with van der Waals surface area (Å²) in [6, 6.07) is 23.9. The summed E-state index contributed by atoms with van der Waals surface area (Å²) in [5.74, 6) is 2.25. The third kappa shape index (κ3) is 5.13. The van der Waals surface area contributed by atoms with E-state index in [2.05, 4.69) is 17.1 Å². The van der Waals surface area contributed by atoms with E-state index in [9.17, 15) is 0 Å². The van der Waals surface area contributed by atoms with Crippen LogP contribution in [0.15, 0.2) is 77.8 Å². The maximum absolute atomic E-state index is 5.89. The van der Waals surface area contributed by atoms with E-state index in [-0.39, 0.29) is 6.04 Å². The summed E-state index contributed by atoms with van der Waals surface area (Å²) in [6.07, 6.45) is 1.87. The maximum atomic E-state index is 5.89. The molecule has 4 heteroatoms. The second kappa shape index (κ2) is 9.60. The van der Waals surface area contributed by atoms with Crippen LogP contribution >= 0.6 is 0 Å². The summed E-state index contributed by atoms with van der Waals surface area (Å²) >= 11 is 0. The summed E-state index contributed by atoms with van der Waals surface area (Å²) in [5, 5.41) is 0. The highest BCUT2D eigenvalue weighted by Crippen LogP contribution is 2.31. The van der Waals surface area contributed by atoms with E-state index in [1.165, 1.54) is 0 Å². The average molecular weight is 375 g/mol. The fourth-order valence-corrected chi connectivity index (χ4v) is 2.82. The van der Waals surface area contributed by atoms with Crippen molar-refractivity contribution in [2.45, 2.75) is 19.6 Å². The lowest BCUT2D eigenvalue weighted by Crippen LogP contribution is -1.97. The Morgan fingerprint density at radius 1 is 0.857 bits per heavy atom. The van der Waals surface area contributed by atoms with E-state index in [0.717, 1.165) is 22.4 Å². The van der Waals surface area contributed by atoms with Gasteiger partial charge in [-0.05, 0) is 47.9 Å². The van der Waals surface area contributed by atoms with Gasteiger partial charge in [0.2, 0.25) is 0 Å². The number of methoxy groups -OCH3 is 2. The molecule has 0 radical (unpaired) electrons. The third-order valence-electron chi connectivity index (χ3n) is 4.44. The molecule has 3 aromatic carbocycles. The smallest absolute Gasteiger partial charge is 0.161 e. The molecular weight excluding hydrogens is 350 g/mol. The summed E-state index contributed by atoms with van der Waals surface area (Å²) in [5.41, 5.74) is 3.20. The number of ether oxygens (including phenoxy) is 3. The molecule has 4 nitrogen and oxygen atoms in total. The molecule has 3 aromatic rings. The molecule has 0 N–H and O–H groups in total. The predicted molar refractivity (Wildman–Crippen MR) is 113 cm³/mol. The minimum absolute atomic E-state index is 0.00583. The van der Waals surface area contributed by atoms with Gasteiger partial charge in [0.05, 0.1) is 20.3 Å². The predicted octanol–water partition coefficient (Wildman–Crippen LogP) is 5.46. The molecule has 28 heavy (non-hydrogen) atoms. The Morgan fingerprint density at radius 3 is 2.39 bits per heavy atom. The van der Waals surface area contributed by atoms with E-state index in [1.807, 2.05) is 73.8 Å². The molecule has 0 spiro atoms. The van der Waals surface area contributed by atoms with Crippen molar-refractivity contribution in [1.82, 2.24) is 0 Å². The molecule has 1 unspecified atom stereocenters. The molecular formula is C24H25NO3. The zero-order chi connectivity index (χ0) is 19.8. The van der Waals surface area contributed by atoms with Gasteiger partial charge in [0, 0.05) is 6.21 Å². The van der Waals surface area contributed by atoms with Crippen molar-refractivity contribution in [1.29, 1.82) is 0 Å². The molecule has 0 aliphatic carbocycles. The van der Waals surface area contributed by atoms with Crippen molar-refractivity contribution in [3.05, 3.63) is 89.5 Å². The van der Waals surface area contributed by atoms with Crippen LogP contribution in [0.3, 0.4) is 0 Å². The lowest BCUT2D eigenvalue weighted by atomic mass is 10.1. The van der Waals surface area contributed by atoms with Gasteiger partial charge in [0.15, 0.2) is 11.5 Å². The highest BCUT2D eigenvalue weighted by Gasteiger charge is 2.09. The monoisotopic (exact) mass is 375 g/mol. The molecule has 144 valence electrons. The minimum Gasteiger partial charge on any atom is -0.493 e. The van der Waals surface area contributed by atoms with Crippen LogP contribution < -0.4 is 14.2 Å². The molecule has 0 amide bonds. The van der Waals surface area contributed by atoms with E-state index in [4.69, 9.17) is 14.2 Å². The van der Waals surface area contributed by atoms with Crippen LogP contribution in [0.2, 0.25) is 0 Å². The first-order valence-corrected chi connectivity index (χ1v) is 9.21. The van der Waals surface area contributed by atoms with Gasteiger partial charge in [-0.1, -0.05) is 48.5 Å². The molecule has 0 saturated carbocycles. The Balaban J connectivity index is 1.66. The highest BCUT2D eigenvalue weighted by atomic mass is 16.5. The van der Waals surface area contributed by atoms with Crippen LogP contribution in [0, 0.1) is 0 Å². The molecule has 0 bridgehead atoms. The summed E-state index contributed by atoms with van der Waals surface area (Å²) in [6.45, 7) is 2.59. The Kier molecular flexibility index (Phi) is 6.68. The molecule has 0 fully saturated rings. The van der Waals surface area contributed by atoms with Crippen LogP contribution in [-0.4, -0.2) is 20.4 Å². The lowest BCUT2D eigenvalue weighted by Gasteiger charge is -2.12. The number of rotatable bonds is 8. The molecule has 0 aliphatic heterocycles. The first-order chi connectivity index (χ1) is 13.7. The van der Waals surface area contributed by atoms with Gasteiger partial charge in [-0.15, -0.1) is 0 Å². The van der Waals surface area contributed by atoms with Crippen LogP contribution in [0.5, 0.6) is 17.2 Å². The van der Waals surface area contributed by atoms with Crippen molar-refractivity contribution >= 4 is 6.21 Å². The van der Waals surface area contributed by atoms with Gasteiger partial charge in [-0.3, -0.25) is 4.99 Å². The van der Waals surface area contributed by atoms with Crippen LogP contribution in [0.4, 0.5) is 0 Å². The van der Waals surface area contributed by atoms with Crippen molar-refractivity contribution < 1.29 is 14.2 Å². The second-order valence-electron chi connectivity index (χ2n) is 6.42. The molecule has 3 rings (SSSR count). The van der Waals surface area contributed by atoms with Gasteiger partial charge in [-0.2, -0.15) is 0 Å². The molecule has 0 heterocycles. The van der Waals surface area contributed by atoms with E-state index < -0.39 is 0 Å². The largest absolute Gasteiger partial charge is 0.493 e. The quantitative estimate of drug-likeness (QED) is 0.491. The number of hydrogen-bond donors (Lipinski definition) is 0. The number of benzene rings is 3. The van der Waals surface area contributed by atoms with Crippen molar-refractivity contribution in [2.24, 2.45) is 4.99 Å². The van der Waals surface area contributed by atoms with Gasteiger partial charge < -0.3 is 14.2 Å². The summed E-state index contributed by atoms with van der Waals surface area (Å²) in [7, 11) is 3.27. The molecule has 0 aromatic heterocycles. The Bertz CT molecular complexity index is 922. The standard InChI is InChI=1S/C24H25NO3/c1-18(21-12-13-23(26-2)24(15-21)27-3)25-16-20-10-7-11-22(14-20)28-17-19-8-5-4-6-9-19/h4-16,18H,17H2,1-3H3/b25-16+. The first kappa shape index (κ1) is 19.5. The maximum Gasteiger partial charge on any atom is 0.161 e. The van der Waals surface area contributed by atoms with Gasteiger partial charge in [0.25, 0.3) is 0 Å². The Hall–Kier alpha value is -3.27. The van der Waals surface area contributed by atoms with Gasteiger partial charge in [-0.25, -0.2) is 0 Å². The fraction of sp³-hybridized carbons (Fsp3) is 0.208. The molecule has 1 atom stereocenters. The fourth-order valence-electron chi connectivity index (χ4n) is 2.82. The zero-order valence-electron chi connectivity index (χ0n) is 16.5. The second-order valence-corrected chi connectivity index (χ2v) is 6.42. The van der Waals surface area contributed by atoms with Crippen molar-refractivity contribution in [2.75, 3.05) is 14.2 Å². The normalized spacial score (nSPS) is 12.0. The SMILES string of the molecule is COc1ccc(C(C)/N=C/c2cccc(OCc3ccccc3)c2)cc1OC. The van der Waals surface area contributed by atoms with E-state index in [0.29, 0.717) is 18.1 Å². The highest BCUT2D eigenvalue weighted by molar-refractivity contribution is 5.80.